The molecule has 8 nitrogen and oxygen atoms in total. The van der Waals surface area contributed by atoms with Crippen LogP contribution in [0, 0.1) is 0 Å². The van der Waals surface area contributed by atoms with Crippen LogP contribution in [-0.2, 0) is 16.1 Å². The lowest BCUT2D eigenvalue weighted by Crippen LogP contribution is -2.45. The summed E-state index contributed by atoms with van der Waals surface area (Å²) in [7, 11) is 3.43. The fourth-order valence-electron chi connectivity index (χ4n) is 3.28. The zero-order chi connectivity index (χ0) is 23.3. The summed E-state index contributed by atoms with van der Waals surface area (Å²) < 4.78 is 10.9. The molecule has 0 aliphatic carbocycles. The Morgan fingerprint density at radius 3 is 2.09 bits per heavy atom. The van der Waals surface area contributed by atoms with E-state index in [0.29, 0.717) is 0 Å². The van der Waals surface area contributed by atoms with Crippen molar-refractivity contribution in [1.29, 1.82) is 0 Å². The zero-order valence-electron chi connectivity index (χ0n) is 18.4. The van der Waals surface area contributed by atoms with Crippen LogP contribution in [0.5, 0.6) is 11.5 Å². The minimum Gasteiger partial charge on any atom is -0.497 e. The number of ether oxygens (including phenoxy) is 2. The molecule has 8 heteroatoms. The number of piperazine rings is 1. The van der Waals surface area contributed by atoms with Crippen molar-refractivity contribution in [2.24, 2.45) is 0 Å². The Labute approximate surface area is 188 Å². The summed E-state index contributed by atoms with van der Waals surface area (Å²) in [4.78, 5) is 23.2. The van der Waals surface area contributed by atoms with Gasteiger partial charge in [-0.3, -0.25) is 9.80 Å². The molecule has 32 heavy (non-hydrogen) atoms. The highest BCUT2D eigenvalue weighted by molar-refractivity contribution is 6.27. The van der Waals surface area contributed by atoms with Gasteiger partial charge in [0.15, 0.2) is 0 Å². The van der Waals surface area contributed by atoms with Crippen molar-refractivity contribution in [3.63, 3.8) is 0 Å². The molecule has 1 saturated heterocycles. The highest BCUT2D eigenvalue weighted by atomic mass is 16.5. The second-order valence-corrected chi connectivity index (χ2v) is 7.18. The largest absolute Gasteiger partial charge is 0.497 e. The monoisotopic (exact) mass is 442 g/mol. The van der Waals surface area contributed by atoms with Gasteiger partial charge in [-0.1, -0.05) is 42.5 Å². The van der Waals surface area contributed by atoms with Gasteiger partial charge in [-0.15, -0.1) is 0 Å². The molecule has 2 aromatic rings. The van der Waals surface area contributed by atoms with Gasteiger partial charge in [0.05, 0.1) is 14.2 Å². The van der Waals surface area contributed by atoms with Crippen LogP contribution in [0.25, 0.3) is 6.08 Å². The Morgan fingerprint density at radius 1 is 0.906 bits per heavy atom. The van der Waals surface area contributed by atoms with E-state index in [2.05, 4.69) is 52.3 Å². The molecule has 2 N–H and O–H groups in total. The number of benzene rings is 2. The quantitative estimate of drug-likeness (QED) is 0.632. The SMILES string of the molecule is COc1ccc(OC)c(CN2CCN(C/C=C/c3ccccc3)CC2)c1.O=C(O)C(=O)O. The molecular formula is C24H30N2O6. The van der Waals surface area contributed by atoms with Crippen LogP contribution < -0.4 is 9.47 Å². The van der Waals surface area contributed by atoms with E-state index in [1.165, 1.54) is 11.1 Å². The summed E-state index contributed by atoms with van der Waals surface area (Å²) in [6.45, 7) is 6.22. The molecule has 0 saturated carbocycles. The van der Waals surface area contributed by atoms with E-state index in [4.69, 9.17) is 29.3 Å². The molecule has 172 valence electrons. The van der Waals surface area contributed by atoms with Crippen LogP contribution in [0.2, 0.25) is 0 Å². The van der Waals surface area contributed by atoms with E-state index >= 15 is 0 Å². The Bertz CT molecular complexity index is 881. The maximum absolute atomic E-state index is 9.10. The van der Waals surface area contributed by atoms with E-state index in [0.717, 1.165) is 50.8 Å². The van der Waals surface area contributed by atoms with Gasteiger partial charge in [-0.2, -0.15) is 0 Å². The molecule has 1 aliphatic heterocycles. The maximum Gasteiger partial charge on any atom is 0.414 e. The Morgan fingerprint density at radius 2 is 1.53 bits per heavy atom. The number of hydrogen-bond donors (Lipinski definition) is 2. The topological polar surface area (TPSA) is 99.5 Å². The lowest BCUT2D eigenvalue weighted by Gasteiger charge is -2.34. The number of rotatable bonds is 7. The van der Waals surface area contributed by atoms with Crippen molar-refractivity contribution >= 4 is 18.0 Å². The van der Waals surface area contributed by atoms with Gasteiger partial charge in [0.1, 0.15) is 11.5 Å². The fourth-order valence-corrected chi connectivity index (χ4v) is 3.28. The molecule has 0 spiro atoms. The molecule has 2 aromatic carbocycles. The fraction of sp³-hybridized carbons (Fsp3) is 0.333. The molecule has 1 fully saturated rings. The van der Waals surface area contributed by atoms with Crippen LogP contribution in [-0.4, -0.2) is 78.9 Å². The number of nitrogens with zero attached hydrogens (tertiary/aromatic N) is 2. The van der Waals surface area contributed by atoms with E-state index < -0.39 is 11.9 Å². The first-order chi connectivity index (χ1) is 15.4. The molecular weight excluding hydrogens is 412 g/mol. The minimum absolute atomic E-state index is 0.880. The van der Waals surface area contributed by atoms with Gasteiger partial charge in [0, 0.05) is 44.8 Å². The second kappa shape index (κ2) is 13.1. The van der Waals surface area contributed by atoms with Gasteiger partial charge in [-0.05, 0) is 23.8 Å². The molecule has 0 atom stereocenters. The second-order valence-electron chi connectivity index (χ2n) is 7.18. The molecule has 0 amide bonds. The number of carboxylic acid groups (broad SMARTS) is 2. The van der Waals surface area contributed by atoms with Gasteiger partial charge in [0.2, 0.25) is 0 Å². The van der Waals surface area contributed by atoms with Gasteiger partial charge in [0.25, 0.3) is 0 Å². The summed E-state index contributed by atoms with van der Waals surface area (Å²) >= 11 is 0. The number of methoxy groups -OCH3 is 2. The first-order valence-corrected chi connectivity index (χ1v) is 10.3. The third kappa shape index (κ3) is 8.41. The minimum atomic E-state index is -1.82. The normalized spacial score (nSPS) is 14.4. The number of hydrogen-bond acceptors (Lipinski definition) is 6. The smallest absolute Gasteiger partial charge is 0.414 e. The number of carboxylic acids is 2. The van der Waals surface area contributed by atoms with Gasteiger partial charge < -0.3 is 19.7 Å². The predicted molar refractivity (Wildman–Crippen MR) is 122 cm³/mol. The van der Waals surface area contributed by atoms with E-state index in [-0.39, 0.29) is 0 Å². The maximum atomic E-state index is 9.10. The first kappa shape index (κ1) is 24.9. The van der Waals surface area contributed by atoms with Crippen molar-refractivity contribution < 1.29 is 29.3 Å². The first-order valence-electron chi connectivity index (χ1n) is 10.3. The summed E-state index contributed by atoms with van der Waals surface area (Å²) in [6, 6.07) is 16.5. The number of carbonyl (C=O) groups is 2. The van der Waals surface area contributed by atoms with Gasteiger partial charge in [-0.25, -0.2) is 9.59 Å². The Kier molecular flexibility index (Phi) is 10.2. The summed E-state index contributed by atoms with van der Waals surface area (Å²) in [5.74, 6) is -1.84. The summed E-state index contributed by atoms with van der Waals surface area (Å²) in [5.41, 5.74) is 2.44. The average molecular weight is 443 g/mol. The van der Waals surface area contributed by atoms with Crippen LogP contribution in [0.3, 0.4) is 0 Å². The van der Waals surface area contributed by atoms with Crippen LogP contribution >= 0.6 is 0 Å². The predicted octanol–water partition coefficient (Wildman–Crippen LogP) is 2.69. The third-order valence-electron chi connectivity index (χ3n) is 5.00. The highest BCUT2D eigenvalue weighted by Gasteiger charge is 2.17. The van der Waals surface area contributed by atoms with Crippen molar-refractivity contribution in [3.05, 3.63) is 65.7 Å². The molecule has 1 heterocycles. The van der Waals surface area contributed by atoms with Crippen molar-refractivity contribution in [2.45, 2.75) is 6.54 Å². The number of aliphatic carboxylic acids is 2. The van der Waals surface area contributed by atoms with E-state index in [1.807, 2.05) is 18.2 Å². The molecule has 0 bridgehead atoms. The molecule has 3 rings (SSSR count). The van der Waals surface area contributed by atoms with Crippen molar-refractivity contribution in [2.75, 3.05) is 46.9 Å². The standard InChI is InChI=1S/C22H28N2O2.C2H2O4/c1-25-21-10-11-22(26-2)20(17-21)18-24-15-13-23(14-16-24)12-6-9-19-7-4-3-5-8-19;3-1(4)2(5)6/h3-11,17H,12-16,18H2,1-2H3;(H,3,4)(H,5,6)/b9-6+;. The van der Waals surface area contributed by atoms with E-state index in [9.17, 15) is 0 Å². The summed E-state index contributed by atoms with van der Waals surface area (Å²) in [6.07, 6.45) is 4.46. The average Bonchev–Trinajstić information content (AvgIpc) is 2.81. The van der Waals surface area contributed by atoms with E-state index in [1.54, 1.807) is 14.2 Å². The zero-order valence-corrected chi connectivity index (χ0v) is 18.4. The lowest BCUT2D eigenvalue weighted by atomic mass is 10.1. The summed E-state index contributed by atoms with van der Waals surface area (Å²) in [5, 5.41) is 14.8. The van der Waals surface area contributed by atoms with Crippen LogP contribution in [0.1, 0.15) is 11.1 Å². The van der Waals surface area contributed by atoms with Crippen LogP contribution in [0.15, 0.2) is 54.6 Å². The molecule has 0 radical (unpaired) electrons. The van der Waals surface area contributed by atoms with Crippen LogP contribution in [0.4, 0.5) is 0 Å². The van der Waals surface area contributed by atoms with Crippen molar-refractivity contribution in [1.82, 2.24) is 9.80 Å². The molecule has 1 aliphatic rings. The van der Waals surface area contributed by atoms with Crippen molar-refractivity contribution in [3.8, 4) is 11.5 Å². The Balaban J connectivity index is 0.000000534. The Hall–Kier alpha value is -3.36. The lowest BCUT2D eigenvalue weighted by molar-refractivity contribution is -0.159. The molecule has 0 unspecified atom stereocenters. The van der Waals surface area contributed by atoms with Gasteiger partial charge >= 0.3 is 11.9 Å². The molecule has 0 aromatic heterocycles. The third-order valence-corrected chi connectivity index (χ3v) is 5.00. The highest BCUT2D eigenvalue weighted by Crippen LogP contribution is 2.25.